The van der Waals surface area contributed by atoms with E-state index in [0.717, 1.165) is 61.7 Å². The van der Waals surface area contributed by atoms with Crippen LogP contribution in [0.3, 0.4) is 0 Å². The summed E-state index contributed by atoms with van der Waals surface area (Å²) in [6, 6.07) is 22.4. The van der Waals surface area contributed by atoms with Crippen LogP contribution in [0, 0.1) is 13.8 Å². The van der Waals surface area contributed by atoms with Crippen molar-refractivity contribution < 1.29 is 9.59 Å². The molecule has 4 rings (SSSR count). The molecular weight excluding hydrogens is 436 g/mol. The molecule has 1 aliphatic rings. The van der Waals surface area contributed by atoms with Gasteiger partial charge in [-0.15, -0.1) is 0 Å². The third-order valence-corrected chi connectivity index (χ3v) is 6.87. The molecule has 0 radical (unpaired) electrons. The Hall–Kier alpha value is -3.22. The lowest BCUT2D eigenvalue weighted by Crippen LogP contribution is -2.50. The molecule has 1 fully saturated rings. The zero-order valence-corrected chi connectivity index (χ0v) is 20.9. The minimum Gasteiger partial charge on any atom is -0.351 e. The summed E-state index contributed by atoms with van der Waals surface area (Å²) in [7, 11) is 0. The largest absolute Gasteiger partial charge is 0.351 e. The second-order valence-corrected chi connectivity index (χ2v) is 9.41. The van der Waals surface area contributed by atoms with E-state index in [4.69, 9.17) is 0 Å². The van der Waals surface area contributed by atoms with Crippen LogP contribution >= 0.6 is 0 Å². The first-order chi connectivity index (χ1) is 17.0. The van der Waals surface area contributed by atoms with Crippen LogP contribution in [0.1, 0.15) is 32.9 Å². The standard InChI is InChI=1S/C29H36N4O2/c1-23-19-27(24(2)33(23)14-13-25-9-5-3-6-10-25)28(34)21-31-15-17-32(18-16-31)22-29(35)30-20-26-11-7-4-8-12-26/h3-12,19H,13-18,20-22H2,1-2H3,(H,30,35). The molecule has 0 saturated carbocycles. The first kappa shape index (κ1) is 24.9. The molecule has 1 aromatic heterocycles. The summed E-state index contributed by atoms with van der Waals surface area (Å²) in [6.07, 6.45) is 0.950. The van der Waals surface area contributed by atoms with E-state index in [1.54, 1.807) is 0 Å². The van der Waals surface area contributed by atoms with Crippen LogP contribution in [0.2, 0.25) is 0 Å². The summed E-state index contributed by atoms with van der Waals surface area (Å²) in [5.41, 5.74) is 5.42. The first-order valence-corrected chi connectivity index (χ1v) is 12.5. The average molecular weight is 473 g/mol. The summed E-state index contributed by atoms with van der Waals surface area (Å²) < 4.78 is 2.26. The summed E-state index contributed by atoms with van der Waals surface area (Å²) in [6.45, 7) is 9.57. The maximum atomic E-state index is 13.1. The molecule has 1 saturated heterocycles. The monoisotopic (exact) mass is 472 g/mol. The van der Waals surface area contributed by atoms with Crippen LogP contribution < -0.4 is 5.32 Å². The maximum Gasteiger partial charge on any atom is 0.234 e. The van der Waals surface area contributed by atoms with Crippen molar-refractivity contribution >= 4 is 11.7 Å². The van der Waals surface area contributed by atoms with E-state index in [-0.39, 0.29) is 11.7 Å². The van der Waals surface area contributed by atoms with E-state index in [0.29, 0.717) is 19.6 Å². The van der Waals surface area contributed by atoms with Gasteiger partial charge in [0.25, 0.3) is 0 Å². The number of aromatic nitrogens is 1. The molecule has 6 nitrogen and oxygen atoms in total. The highest BCUT2D eigenvalue weighted by Crippen LogP contribution is 2.18. The van der Waals surface area contributed by atoms with E-state index in [9.17, 15) is 9.59 Å². The molecule has 3 aromatic rings. The Bertz CT molecular complexity index is 1120. The van der Waals surface area contributed by atoms with Gasteiger partial charge in [-0.3, -0.25) is 19.4 Å². The van der Waals surface area contributed by atoms with Crippen molar-refractivity contribution in [3.8, 4) is 0 Å². The van der Waals surface area contributed by atoms with Crippen LogP contribution in [0.4, 0.5) is 0 Å². The summed E-state index contributed by atoms with van der Waals surface area (Å²) in [5, 5.41) is 3.00. The van der Waals surface area contributed by atoms with Crippen molar-refractivity contribution in [2.75, 3.05) is 39.3 Å². The summed E-state index contributed by atoms with van der Waals surface area (Å²) in [5.74, 6) is 0.222. The van der Waals surface area contributed by atoms with Gasteiger partial charge in [0.1, 0.15) is 0 Å². The van der Waals surface area contributed by atoms with E-state index < -0.39 is 0 Å². The quantitative estimate of drug-likeness (QED) is 0.459. The molecule has 0 spiro atoms. The normalized spacial score (nSPS) is 14.7. The number of aryl methyl sites for hydroxylation is 2. The van der Waals surface area contributed by atoms with Gasteiger partial charge in [0, 0.05) is 56.2 Å². The van der Waals surface area contributed by atoms with Crippen LogP contribution in [0.5, 0.6) is 0 Å². The van der Waals surface area contributed by atoms with Crippen molar-refractivity contribution in [2.24, 2.45) is 0 Å². The number of carbonyl (C=O) groups is 2. The lowest BCUT2D eigenvalue weighted by molar-refractivity contribution is -0.122. The molecule has 2 aromatic carbocycles. The van der Waals surface area contributed by atoms with Crippen molar-refractivity contribution in [3.05, 3.63) is 94.8 Å². The number of nitrogens with one attached hydrogen (secondary N) is 1. The van der Waals surface area contributed by atoms with Crippen LogP contribution in [0.15, 0.2) is 66.7 Å². The predicted molar refractivity (Wildman–Crippen MR) is 140 cm³/mol. The van der Waals surface area contributed by atoms with Gasteiger partial charge in [0.2, 0.25) is 5.91 Å². The highest BCUT2D eigenvalue weighted by Gasteiger charge is 2.23. The van der Waals surface area contributed by atoms with Crippen molar-refractivity contribution in [2.45, 2.75) is 33.4 Å². The molecule has 1 N–H and O–H groups in total. The van der Waals surface area contributed by atoms with Gasteiger partial charge in [0.05, 0.1) is 13.1 Å². The van der Waals surface area contributed by atoms with E-state index >= 15 is 0 Å². The number of ketones is 1. The minimum atomic E-state index is 0.0429. The van der Waals surface area contributed by atoms with Gasteiger partial charge in [0.15, 0.2) is 5.78 Å². The number of carbonyl (C=O) groups excluding carboxylic acids is 2. The fraction of sp³-hybridized carbons (Fsp3) is 0.379. The van der Waals surface area contributed by atoms with Crippen LogP contribution in [-0.2, 0) is 24.3 Å². The SMILES string of the molecule is Cc1cc(C(=O)CN2CCN(CC(=O)NCc3ccccc3)CC2)c(C)n1CCc1ccccc1. The molecule has 0 unspecified atom stereocenters. The number of amides is 1. The number of Topliss-reactive ketones (excluding diaryl/α,β-unsaturated/α-hetero) is 1. The minimum absolute atomic E-state index is 0.0429. The van der Waals surface area contributed by atoms with Crippen LogP contribution in [-0.4, -0.2) is 65.3 Å². The molecule has 1 aliphatic heterocycles. The van der Waals surface area contributed by atoms with Gasteiger partial charge in [-0.1, -0.05) is 60.7 Å². The van der Waals surface area contributed by atoms with Crippen LogP contribution in [0.25, 0.3) is 0 Å². The molecule has 1 amide bonds. The second kappa shape index (κ2) is 12.0. The van der Waals surface area contributed by atoms with Gasteiger partial charge in [-0.05, 0) is 37.5 Å². The van der Waals surface area contributed by atoms with Crippen molar-refractivity contribution in [1.29, 1.82) is 0 Å². The number of hydrogen-bond donors (Lipinski definition) is 1. The molecule has 184 valence electrons. The predicted octanol–water partition coefficient (Wildman–Crippen LogP) is 3.46. The molecule has 35 heavy (non-hydrogen) atoms. The van der Waals surface area contributed by atoms with Gasteiger partial charge in [-0.25, -0.2) is 0 Å². The summed E-state index contributed by atoms with van der Waals surface area (Å²) in [4.78, 5) is 29.8. The molecular formula is C29H36N4O2. The third-order valence-electron chi connectivity index (χ3n) is 6.87. The van der Waals surface area contributed by atoms with E-state index in [1.165, 1.54) is 5.56 Å². The van der Waals surface area contributed by atoms with E-state index in [2.05, 4.69) is 57.8 Å². The average Bonchev–Trinajstić information content (AvgIpc) is 3.17. The highest BCUT2D eigenvalue weighted by atomic mass is 16.2. The first-order valence-electron chi connectivity index (χ1n) is 12.5. The Morgan fingerprint density at radius 1 is 0.800 bits per heavy atom. The van der Waals surface area contributed by atoms with Gasteiger partial charge in [-0.2, -0.15) is 0 Å². The maximum absolute atomic E-state index is 13.1. The molecule has 0 aliphatic carbocycles. The Morgan fingerprint density at radius 3 is 2.00 bits per heavy atom. The van der Waals surface area contributed by atoms with Gasteiger partial charge >= 0.3 is 0 Å². The highest BCUT2D eigenvalue weighted by molar-refractivity contribution is 5.99. The molecule has 6 heteroatoms. The second-order valence-electron chi connectivity index (χ2n) is 9.41. The Kier molecular flexibility index (Phi) is 8.50. The molecule has 2 heterocycles. The third kappa shape index (κ3) is 6.90. The molecule has 0 bridgehead atoms. The zero-order chi connectivity index (χ0) is 24.6. The Balaban J connectivity index is 1.22. The molecule has 0 atom stereocenters. The topological polar surface area (TPSA) is 57.6 Å². The number of nitrogens with zero attached hydrogens (tertiary/aromatic N) is 3. The Morgan fingerprint density at radius 2 is 1.37 bits per heavy atom. The van der Waals surface area contributed by atoms with Gasteiger partial charge < -0.3 is 9.88 Å². The van der Waals surface area contributed by atoms with Crippen molar-refractivity contribution in [3.63, 3.8) is 0 Å². The lowest BCUT2D eigenvalue weighted by Gasteiger charge is -2.33. The number of benzene rings is 2. The fourth-order valence-corrected chi connectivity index (χ4v) is 4.76. The number of hydrogen-bond acceptors (Lipinski definition) is 4. The number of piperazine rings is 1. The Labute approximate surface area is 208 Å². The summed E-state index contributed by atoms with van der Waals surface area (Å²) >= 11 is 0. The lowest BCUT2D eigenvalue weighted by atomic mass is 10.1. The van der Waals surface area contributed by atoms with E-state index in [1.807, 2.05) is 42.5 Å². The van der Waals surface area contributed by atoms with Crippen molar-refractivity contribution in [1.82, 2.24) is 19.7 Å². The number of rotatable bonds is 10. The zero-order valence-electron chi connectivity index (χ0n) is 20.9. The fourth-order valence-electron chi connectivity index (χ4n) is 4.76. The smallest absolute Gasteiger partial charge is 0.234 e.